The molecule has 0 saturated heterocycles. The van der Waals surface area contributed by atoms with E-state index in [2.05, 4.69) is 0 Å². The van der Waals surface area contributed by atoms with E-state index >= 15 is 0 Å². The third-order valence-corrected chi connectivity index (χ3v) is 3.20. The summed E-state index contributed by atoms with van der Waals surface area (Å²) in [4.78, 5) is 0. The van der Waals surface area contributed by atoms with Crippen LogP contribution >= 0.6 is 11.6 Å². The van der Waals surface area contributed by atoms with Crippen LogP contribution in [0.15, 0.2) is 36.4 Å². The van der Waals surface area contributed by atoms with Gasteiger partial charge < -0.3 is 9.47 Å². The average molecular weight is 281 g/mol. The van der Waals surface area contributed by atoms with Gasteiger partial charge in [0.25, 0.3) is 0 Å². The van der Waals surface area contributed by atoms with Crippen LogP contribution in [0.5, 0.6) is 11.5 Å². The van der Waals surface area contributed by atoms with Crippen LogP contribution in [-0.4, -0.2) is 14.2 Å². The van der Waals surface area contributed by atoms with Crippen LogP contribution in [0, 0.1) is 5.82 Å². The second-order valence-electron chi connectivity index (χ2n) is 4.07. The van der Waals surface area contributed by atoms with Gasteiger partial charge in [-0.15, -0.1) is 0 Å². The van der Waals surface area contributed by atoms with Gasteiger partial charge in [-0.3, -0.25) is 0 Å². The first-order valence-corrected chi connectivity index (χ1v) is 6.17. The highest BCUT2D eigenvalue weighted by Crippen LogP contribution is 2.28. The van der Waals surface area contributed by atoms with E-state index in [9.17, 15) is 4.39 Å². The summed E-state index contributed by atoms with van der Waals surface area (Å²) >= 11 is 5.78. The largest absolute Gasteiger partial charge is 0.497 e. The van der Waals surface area contributed by atoms with Crippen molar-refractivity contribution in [2.75, 3.05) is 14.2 Å². The number of benzene rings is 2. The van der Waals surface area contributed by atoms with Gasteiger partial charge in [0.15, 0.2) is 0 Å². The van der Waals surface area contributed by atoms with Crippen LogP contribution in [0.1, 0.15) is 11.1 Å². The van der Waals surface area contributed by atoms with Gasteiger partial charge in [0.2, 0.25) is 0 Å². The van der Waals surface area contributed by atoms with Crippen LogP contribution in [0.25, 0.3) is 0 Å². The smallest absolute Gasteiger partial charge is 0.145 e. The summed E-state index contributed by atoms with van der Waals surface area (Å²) in [6, 6.07) is 10.4. The summed E-state index contributed by atoms with van der Waals surface area (Å²) in [6.07, 6.45) is 0.416. The third kappa shape index (κ3) is 2.99. The predicted octanol–water partition coefficient (Wildman–Crippen LogP) is 4.09. The number of rotatable bonds is 4. The molecule has 2 nitrogen and oxygen atoms in total. The van der Waals surface area contributed by atoms with E-state index in [1.54, 1.807) is 32.4 Å². The highest BCUT2D eigenvalue weighted by atomic mass is 35.5. The Morgan fingerprint density at radius 3 is 2.53 bits per heavy atom. The Labute approximate surface area is 116 Å². The molecule has 0 aromatic heterocycles. The SMILES string of the molecule is COc1ccc(Cc2cccc(Cl)c2F)c(OC)c1. The molecule has 0 unspecified atom stereocenters. The molecule has 0 N–H and O–H groups in total. The molecule has 2 rings (SSSR count). The van der Waals surface area contributed by atoms with Gasteiger partial charge in [-0.05, 0) is 23.3 Å². The molecule has 0 amide bonds. The molecule has 0 radical (unpaired) electrons. The number of hydrogen-bond donors (Lipinski definition) is 0. The first-order chi connectivity index (χ1) is 9.15. The lowest BCUT2D eigenvalue weighted by molar-refractivity contribution is 0.391. The van der Waals surface area contributed by atoms with E-state index < -0.39 is 0 Å². The van der Waals surface area contributed by atoms with Crippen LogP contribution in [-0.2, 0) is 6.42 Å². The molecular formula is C15H14ClFO2. The lowest BCUT2D eigenvalue weighted by Gasteiger charge is -2.11. The molecule has 0 aliphatic rings. The molecule has 4 heteroatoms. The molecule has 19 heavy (non-hydrogen) atoms. The quantitative estimate of drug-likeness (QED) is 0.840. The molecule has 2 aromatic carbocycles. The zero-order chi connectivity index (χ0) is 13.8. The molecule has 0 saturated carbocycles. The summed E-state index contributed by atoms with van der Waals surface area (Å²) in [7, 11) is 3.16. The standard InChI is InChI=1S/C15H14ClFO2/c1-18-12-7-6-10(14(9-12)19-2)8-11-4-3-5-13(16)15(11)17/h3-7,9H,8H2,1-2H3. The Morgan fingerprint density at radius 1 is 1.05 bits per heavy atom. The van der Waals surface area contributed by atoms with Crippen molar-refractivity contribution in [1.29, 1.82) is 0 Å². The Kier molecular flexibility index (Phi) is 4.27. The van der Waals surface area contributed by atoms with E-state index in [4.69, 9.17) is 21.1 Å². The van der Waals surface area contributed by atoms with Crippen molar-refractivity contribution in [3.05, 3.63) is 58.4 Å². The van der Waals surface area contributed by atoms with Crippen molar-refractivity contribution in [2.24, 2.45) is 0 Å². The van der Waals surface area contributed by atoms with Crippen molar-refractivity contribution in [1.82, 2.24) is 0 Å². The first kappa shape index (κ1) is 13.7. The number of halogens is 2. The van der Waals surface area contributed by atoms with Gasteiger partial charge in [0, 0.05) is 12.5 Å². The molecule has 0 bridgehead atoms. The summed E-state index contributed by atoms with van der Waals surface area (Å²) in [6.45, 7) is 0. The highest BCUT2D eigenvalue weighted by Gasteiger charge is 2.11. The maximum Gasteiger partial charge on any atom is 0.145 e. The van der Waals surface area contributed by atoms with Gasteiger partial charge in [-0.25, -0.2) is 4.39 Å². The van der Waals surface area contributed by atoms with Crippen molar-refractivity contribution in [2.45, 2.75) is 6.42 Å². The van der Waals surface area contributed by atoms with E-state index in [0.717, 1.165) is 5.56 Å². The van der Waals surface area contributed by atoms with Gasteiger partial charge >= 0.3 is 0 Å². The van der Waals surface area contributed by atoms with Gasteiger partial charge in [0.05, 0.1) is 19.2 Å². The lowest BCUT2D eigenvalue weighted by Crippen LogP contribution is -1.97. The molecule has 0 aliphatic carbocycles. The molecule has 0 aliphatic heterocycles. The van der Waals surface area contributed by atoms with Crippen LogP contribution < -0.4 is 9.47 Å². The minimum absolute atomic E-state index is 0.130. The van der Waals surface area contributed by atoms with Gasteiger partial charge in [0.1, 0.15) is 17.3 Å². The first-order valence-electron chi connectivity index (χ1n) is 5.79. The van der Waals surface area contributed by atoms with E-state index in [-0.39, 0.29) is 10.8 Å². The number of hydrogen-bond acceptors (Lipinski definition) is 2. The Balaban J connectivity index is 2.35. The van der Waals surface area contributed by atoms with Gasteiger partial charge in [-0.1, -0.05) is 29.8 Å². The molecular weight excluding hydrogens is 267 g/mol. The number of ether oxygens (including phenoxy) is 2. The second kappa shape index (κ2) is 5.93. The predicted molar refractivity (Wildman–Crippen MR) is 73.8 cm³/mol. The fourth-order valence-electron chi connectivity index (χ4n) is 1.89. The Hall–Kier alpha value is -1.74. The topological polar surface area (TPSA) is 18.5 Å². The molecule has 0 fully saturated rings. The van der Waals surface area contributed by atoms with Gasteiger partial charge in [-0.2, -0.15) is 0 Å². The molecule has 2 aromatic rings. The van der Waals surface area contributed by atoms with E-state index in [1.165, 1.54) is 6.07 Å². The zero-order valence-corrected chi connectivity index (χ0v) is 11.5. The summed E-state index contributed by atoms with van der Waals surface area (Å²) in [5.41, 5.74) is 1.42. The van der Waals surface area contributed by atoms with E-state index in [0.29, 0.717) is 23.5 Å². The Bertz CT molecular complexity index is 584. The van der Waals surface area contributed by atoms with Crippen LogP contribution in [0.2, 0.25) is 5.02 Å². The zero-order valence-electron chi connectivity index (χ0n) is 10.7. The summed E-state index contributed by atoms with van der Waals surface area (Å²) < 4.78 is 24.3. The summed E-state index contributed by atoms with van der Waals surface area (Å²) in [5.74, 6) is 0.980. The van der Waals surface area contributed by atoms with E-state index in [1.807, 2.05) is 12.1 Å². The minimum atomic E-state index is -0.387. The average Bonchev–Trinajstić information content (AvgIpc) is 2.44. The van der Waals surface area contributed by atoms with Crippen molar-refractivity contribution >= 4 is 11.6 Å². The van der Waals surface area contributed by atoms with Crippen molar-refractivity contribution in [3.8, 4) is 11.5 Å². The van der Waals surface area contributed by atoms with Crippen molar-refractivity contribution in [3.63, 3.8) is 0 Å². The molecule has 100 valence electrons. The normalized spacial score (nSPS) is 10.3. The molecule has 0 heterocycles. The summed E-state index contributed by atoms with van der Waals surface area (Å²) in [5, 5.41) is 0.130. The van der Waals surface area contributed by atoms with Crippen LogP contribution in [0.3, 0.4) is 0 Å². The Morgan fingerprint density at radius 2 is 1.84 bits per heavy atom. The fourth-order valence-corrected chi connectivity index (χ4v) is 2.08. The third-order valence-electron chi connectivity index (χ3n) is 2.91. The maximum absolute atomic E-state index is 13.9. The highest BCUT2D eigenvalue weighted by molar-refractivity contribution is 6.30. The number of methoxy groups -OCH3 is 2. The molecule has 0 atom stereocenters. The minimum Gasteiger partial charge on any atom is -0.497 e. The van der Waals surface area contributed by atoms with Crippen LogP contribution in [0.4, 0.5) is 4.39 Å². The molecule has 0 spiro atoms. The lowest BCUT2D eigenvalue weighted by atomic mass is 10.0. The second-order valence-corrected chi connectivity index (χ2v) is 4.47. The monoisotopic (exact) mass is 280 g/mol. The van der Waals surface area contributed by atoms with Crippen molar-refractivity contribution < 1.29 is 13.9 Å². The maximum atomic E-state index is 13.9. The fraction of sp³-hybridized carbons (Fsp3) is 0.200.